The van der Waals surface area contributed by atoms with Gasteiger partial charge in [-0.15, -0.1) is 0 Å². The van der Waals surface area contributed by atoms with Crippen LogP contribution in [0.4, 0.5) is 0 Å². The molecule has 2 aromatic rings. The summed E-state index contributed by atoms with van der Waals surface area (Å²) in [6.07, 6.45) is 0.600. The van der Waals surface area contributed by atoms with E-state index in [0.717, 1.165) is 11.1 Å². The van der Waals surface area contributed by atoms with Crippen LogP contribution in [0.15, 0.2) is 36.4 Å². The highest BCUT2D eigenvalue weighted by atomic mass is 35.5. The molecule has 0 bridgehead atoms. The molecule has 0 aliphatic carbocycles. The lowest BCUT2D eigenvalue weighted by Crippen LogP contribution is -1.94. The predicted molar refractivity (Wildman–Crippen MR) is 81.5 cm³/mol. The molecule has 1 nitrogen and oxygen atoms in total. The van der Waals surface area contributed by atoms with Gasteiger partial charge in [0.1, 0.15) is 5.75 Å². The molecule has 0 heterocycles. The summed E-state index contributed by atoms with van der Waals surface area (Å²) in [5.41, 5.74) is 3.05. The van der Waals surface area contributed by atoms with Crippen LogP contribution in [0.3, 0.4) is 0 Å². The van der Waals surface area contributed by atoms with Crippen LogP contribution < -0.4 is 0 Å². The van der Waals surface area contributed by atoms with Crippen molar-refractivity contribution >= 4 is 23.2 Å². The number of phenols is 1. The first-order valence-electron chi connectivity index (χ1n) is 6.23. The van der Waals surface area contributed by atoms with E-state index in [2.05, 4.69) is 13.8 Å². The molecule has 0 amide bonds. The maximum atomic E-state index is 9.95. The smallest absolute Gasteiger partial charge is 0.119 e. The highest BCUT2D eigenvalue weighted by molar-refractivity contribution is 6.35. The second-order valence-corrected chi connectivity index (χ2v) is 5.80. The van der Waals surface area contributed by atoms with Crippen LogP contribution >= 0.6 is 23.2 Å². The monoisotopic (exact) mass is 294 g/mol. The lowest BCUT2D eigenvalue weighted by molar-refractivity contribution is 0.469. The maximum Gasteiger partial charge on any atom is 0.119 e. The number of hydrogen-bond donors (Lipinski definition) is 1. The highest BCUT2D eigenvalue weighted by Crippen LogP contribution is 2.29. The van der Waals surface area contributed by atoms with Gasteiger partial charge < -0.3 is 5.11 Å². The Morgan fingerprint density at radius 1 is 1.00 bits per heavy atom. The van der Waals surface area contributed by atoms with E-state index in [0.29, 0.717) is 28.1 Å². The van der Waals surface area contributed by atoms with Gasteiger partial charge in [-0.05, 0) is 40.8 Å². The molecule has 2 aromatic carbocycles. The first-order valence-corrected chi connectivity index (χ1v) is 6.98. The van der Waals surface area contributed by atoms with E-state index >= 15 is 0 Å². The third-order valence-corrected chi connectivity index (χ3v) is 3.75. The molecule has 0 aromatic heterocycles. The van der Waals surface area contributed by atoms with Gasteiger partial charge in [0.2, 0.25) is 0 Å². The minimum atomic E-state index is 0.301. The third kappa shape index (κ3) is 3.43. The molecule has 19 heavy (non-hydrogen) atoms. The van der Waals surface area contributed by atoms with Crippen LogP contribution in [0, 0.1) is 0 Å². The highest BCUT2D eigenvalue weighted by Gasteiger charge is 2.09. The van der Waals surface area contributed by atoms with Crippen LogP contribution in [0.1, 0.15) is 36.5 Å². The van der Waals surface area contributed by atoms with Gasteiger partial charge in [0.05, 0.1) is 0 Å². The number of benzene rings is 2. The molecule has 0 unspecified atom stereocenters. The molecule has 2 rings (SSSR count). The van der Waals surface area contributed by atoms with Gasteiger partial charge in [0.25, 0.3) is 0 Å². The van der Waals surface area contributed by atoms with E-state index in [4.69, 9.17) is 23.2 Å². The van der Waals surface area contributed by atoms with Gasteiger partial charge in [0, 0.05) is 16.5 Å². The molecule has 0 fully saturated rings. The van der Waals surface area contributed by atoms with Crippen LogP contribution in [0.5, 0.6) is 5.75 Å². The summed E-state index contributed by atoms with van der Waals surface area (Å²) in [4.78, 5) is 0. The zero-order valence-electron chi connectivity index (χ0n) is 11.0. The lowest BCUT2D eigenvalue weighted by Gasteiger charge is -2.11. The van der Waals surface area contributed by atoms with Gasteiger partial charge >= 0.3 is 0 Å². The molecule has 0 saturated heterocycles. The van der Waals surface area contributed by atoms with E-state index < -0.39 is 0 Å². The molecule has 0 spiro atoms. The Kier molecular flexibility index (Phi) is 4.38. The molecule has 0 atom stereocenters. The van der Waals surface area contributed by atoms with Crippen LogP contribution in [0.25, 0.3) is 0 Å². The van der Waals surface area contributed by atoms with Gasteiger partial charge in [-0.25, -0.2) is 0 Å². The van der Waals surface area contributed by atoms with Crippen molar-refractivity contribution in [3.63, 3.8) is 0 Å². The predicted octanol–water partition coefficient (Wildman–Crippen LogP) is 5.41. The zero-order chi connectivity index (χ0) is 14.0. The van der Waals surface area contributed by atoms with E-state index in [-0.39, 0.29) is 0 Å². The molecule has 0 aliphatic rings. The molecule has 1 N–H and O–H groups in total. The van der Waals surface area contributed by atoms with Crippen molar-refractivity contribution in [2.45, 2.75) is 26.2 Å². The Hall–Kier alpha value is -1.18. The van der Waals surface area contributed by atoms with E-state index in [1.54, 1.807) is 12.1 Å². The van der Waals surface area contributed by atoms with E-state index in [1.807, 2.05) is 24.3 Å². The summed E-state index contributed by atoms with van der Waals surface area (Å²) in [5.74, 6) is 0.732. The molecule has 100 valence electrons. The third-order valence-electron chi connectivity index (χ3n) is 3.17. The van der Waals surface area contributed by atoms with Crippen LogP contribution in [0.2, 0.25) is 10.0 Å². The van der Waals surface area contributed by atoms with Gasteiger partial charge in [-0.3, -0.25) is 0 Å². The fraction of sp³-hybridized carbons (Fsp3) is 0.250. The maximum absolute atomic E-state index is 9.95. The van der Waals surface area contributed by atoms with Gasteiger partial charge in [0.15, 0.2) is 0 Å². The minimum absolute atomic E-state index is 0.301. The second kappa shape index (κ2) is 5.85. The van der Waals surface area contributed by atoms with E-state index in [9.17, 15) is 5.11 Å². The van der Waals surface area contributed by atoms with Crippen molar-refractivity contribution in [1.82, 2.24) is 0 Å². The van der Waals surface area contributed by atoms with Crippen LogP contribution in [-0.2, 0) is 6.42 Å². The SMILES string of the molecule is CC(C)c1ccc(O)c(Cc2ccc(Cl)cc2Cl)c1. The number of rotatable bonds is 3. The fourth-order valence-corrected chi connectivity index (χ4v) is 2.45. The summed E-state index contributed by atoms with van der Waals surface area (Å²) < 4.78 is 0. The first-order chi connectivity index (χ1) is 8.97. The van der Waals surface area contributed by atoms with E-state index in [1.165, 1.54) is 5.56 Å². The second-order valence-electron chi connectivity index (χ2n) is 4.96. The van der Waals surface area contributed by atoms with Crippen molar-refractivity contribution in [2.75, 3.05) is 0 Å². The zero-order valence-corrected chi connectivity index (χ0v) is 12.5. The van der Waals surface area contributed by atoms with Crippen molar-refractivity contribution < 1.29 is 5.11 Å². The average Bonchev–Trinajstić information content (AvgIpc) is 2.34. The minimum Gasteiger partial charge on any atom is -0.508 e. The fourth-order valence-electron chi connectivity index (χ4n) is 1.98. The molecule has 0 aliphatic heterocycles. The molecular formula is C16H16Cl2O. The molecule has 3 heteroatoms. The summed E-state index contributed by atoms with van der Waals surface area (Å²) in [5, 5.41) is 11.2. The Morgan fingerprint density at radius 2 is 1.74 bits per heavy atom. The Labute approximate surface area is 123 Å². The lowest BCUT2D eigenvalue weighted by atomic mass is 9.97. The van der Waals surface area contributed by atoms with Gasteiger partial charge in [-0.1, -0.05) is 55.2 Å². The number of halogens is 2. The first kappa shape index (κ1) is 14.2. The quantitative estimate of drug-likeness (QED) is 0.802. The van der Waals surface area contributed by atoms with Crippen molar-refractivity contribution in [1.29, 1.82) is 0 Å². The largest absolute Gasteiger partial charge is 0.508 e. The van der Waals surface area contributed by atoms with Gasteiger partial charge in [-0.2, -0.15) is 0 Å². The van der Waals surface area contributed by atoms with Crippen molar-refractivity contribution in [3.8, 4) is 5.75 Å². The molecule has 0 radical (unpaired) electrons. The Morgan fingerprint density at radius 3 is 2.37 bits per heavy atom. The Bertz CT molecular complexity index is 591. The molecular weight excluding hydrogens is 279 g/mol. The molecule has 0 saturated carbocycles. The number of phenolic OH excluding ortho intramolecular Hbond substituents is 1. The standard InChI is InChI=1S/C16H16Cl2O/c1-10(2)11-4-6-16(19)13(7-11)8-12-3-5-14(17)9-15(12)18/h3-7,9-10,19H,8H2,1-2H3. The van der Waals surface area contributed by atoms with Crippen LogP contribution in [-0.4, -0.2) is 5.11 Å². The average molecular weight is 295 g/mol. The Balaban J connectivity index is 2.34. The van der Waals surface area contributed by atoms with Crippen molar-refractivity contribution in [2.24, 2.45) is 0 Å². The topological polar surface area (TPSA) is 20.2 Å². The van der Waals surface area contributed by atoms with Crippen molar-refractivity contribution in [3.05, 3.63) is 63.1 Å². The summed E-state index contributed by atoms with van der Waals surface area (Å²) in [6, 6.07) is 11.2. The number of aromatic hydroxyl groups is 1. The summed E-state index contributed by atoms with van der Waals surface area (Å²) in [7, 11) is 0. The summed E-state index contributed by atoms with van der Waals surface area (Å²) in [6.45, 7) is 4.26. The normalized spacial score (nSPS) is 11.0. The number of hydrogen-bond acceptors (Lipinski definition) is 1. The summed E-state index contributed by atoms with van der Waals surface area (Å²) >= 11 is 12.1.